The van der Waals surface area contributed by atoms with Crippen molar-refractivity contribution in [3.8, 4) is 0 Å². The molecule has 0 aliphatic carbocycles. The third-order valence-corrected chi connectivity index (χ3v) is 5.46. The van der Waals surface area contributed by atoms with Crippen molar-refractivity contribution in [2.45, 2.75) is 58.1 Å². The Morgan fingerprint density at radius 2 is 1.91 bits per heavy atom. The molecule has 2 aliphatic rings. The van der Waals surface area contributed by atoms with E-state index in [4.69, 9.17) is 4.74 Å². The lowest BCUT2D eigenvalue weighted by Gasteiger charge is -2.38. The summed E-state index contributed by atoms with van der Waals surface area (Å²) in [5.74, 6) is 0.663. The monoisotopic (exact) mass is 325 g/mol. The van der Waals surface area contributed by atoms with Gasteiger partial charge in [0.25, 0.3) is 0 Å². The second-order valence-electron chi connectivity index (χ2n) is 6.95. The highest BCUT2D eigenvalue weighted by molar-refractivity contribution is 5.81. The first-order valence-electron chi connectivity index (χ1n) is 8.88. The van der Waals surface area contributed by atoms with Gasteiger partial charge in [-0.1, -0.05) is 26.7 Å². The maximum atomic E-state index is 12.2. The van der Waals surface area contributed by atoms with Crippen LogP contribution in [0.15, 0.2) is 0 Å². The Bertz CT molecular complexity index is 429. The average molecular weight is 325 g/mol. The van der Waals surface area contributed by atoms with Crippen LogP contribution < -0.4 is 5.32 Å². The van der Waals surface area contributed by atoms with E-state index in [1.54, 1.807) is 7.05 Å². The number of piperidine rings is 1. The summed E-state index contributed by atoms with van der Waals surface area (Å²) in [6.07, 6.45) is 3.45. The van der Waals surface area contributed by atoms with E-state index in [1.165, 1.54) is 0 Å². The quantitative estimate of drug-likeness (QED) is 0.809. The smallest absolute Gasteiger partial charge is 0.410 e. The largest absolute Gasteiger partial charge is 0.441 e. The first-order chi connectivity index (χ1) is 10.9. The number of likely N-dealkylation sites (N-methyl/N-ethyl adjacent to an activating group) is 1. The van der Waals surface area contributed by atoms with E-state index in [-0.39, 0.29) is 23.6 Å². The standard InChI is InChI=1S/C17H31N3O3/c1-5-14(6-2)11-20-12-17(23-16(20)22)7-9-19(10-8-17)15(21)13(3)18-4/h13-14,18H,5-12H2,1-4H3. The molecule has 1 atom stereocenters. The van der Waals surface area contributed by atoms with Crippen LogP contribution in [0.1, 0.15) is 46.5 Å². The van der Waals surface area contributed by atoms with Crippen LogP contribution in [0.2, 0.25) is 0 Å². The molecule has 2 rings (SSSR count). The fourth-order valence-electron chi connectivity index (χ4n) is 3.48. The minimum atomic E-state index is -0.386. The fourth-order valence-corrected chi connectivity index (χ4v) is 3.48. The highest BCUT2D eigenvalue weighted by atomic mass is 16.6. The first kappa shape index (κ1) is 18.0. The molecule has 2 fully saturated rings. The predicted molar refractivity (Wildman–Crippen MR) is 89.2 cm³/mol. The molecule has 0 aromatic carbocycles. The number of amides is 2. The molecule has 1 unspecified atom stereocenters. The second kappa shape index (κ2) is 7.51. The van der Waals surface area contributed by atoms with Crippen LogP contribution >= 0.6 is 0 Å². The number of carbonyl (C=O) groups is 2. The van der Waals surface area contributed by atoms with Crippen molar-refractivity contribution >= 4 is 12.0 Å². The van der Waals surface area contributed by atoms with Crippen molar-refractivity contribution in [1.29, 1.82) is 0 Å². The topological polar surface area (TPSA) is 61.9 Å². The van der Waals surface area contributed by atoms with Gasteiger partial charge >= 0.3 is 6.09 Å². The van der Waals surface area contributed by atoms with Crippen molar-refractivity contribution in [1.82, 2.24) is 15.1 Å². The number of ether oxygens (including phenoxy) is 1. The number of hydrogen-bond acceptors (Lipinski definition) is 4. The molecule has 0 aromatic heterocycles. The Morgan fingerprint density at radius 1 is 1.30 bits per heavy atom. The van der Waals surface area contributed by atoms with Gasteiger partial charge in [-0.05, 0) is 19.9 Å². The minimum absolute atomic E-state index is 0.126. The Kier molecular flexibility index (Phi) is 5.89. The van der Waals surface area contributed by atoms with Gasteiger partial charge in [0.2, 0.25) is 5.91 Å². The molecule has 6 heteroatoms. The molecule has 2 heterocycles. The van der Waals surface area contributed by atoms with Crippen molar-refractivity contribution in [2.24, 2.45) is 5.92 Å². The Morgan fingerprint density at radius 3 is 2.43 bits per heavy atom. The summed E-state index contributed by atoms with van der Waals surface area (Å²) in [6, 6.07) is -0.165. The van der Waals surface area contributed by atoms with Gasteiger partial charge in [0.1, 0.15) is 5.60 Å². The normalized spacial score (nSPS) is 21.9. The van der Waals surface area contributed by atoms with Gasteiger partial charge in [-0.15, -0.1) is 0 Å². The number of carbonyl (C=O) groups excluding carboxylic acids is 2. The maximum Gasteiger partial charge on any atom is 0.410 e. The molecule has 0 radical (unpaired) electrons. The van der Waals surface area contributed by atoms with E-state index < -0.39 is 0 Å². The van der Waals surface area contributed by atoms with Gasteiger partial charge in [-0.2, -0.15) is 0 Å². The van der Waals surface area contributed by atoms with Gasteiger partial charge in [0, 0.05) is 32.5 Å². The molecule has 0 bridgehead atoms. The number of nitrogens with one attached hydrogen (secondary N) is 1. The molecule has 1 spiro atoms. The lowest BCUT2D eigenvalue weighted by Crippen LogP contribution is -2.52. The molecule has 2 saturated heterocycles. The third kappa shape index (κ3) is 3.97. The highest BCUT2D eigenvalue weighted by Crippen LogP contribution is 2.34. The number of likely N-dealkylation sites (tertiary alicyclic amines) is 1. The van der Waals surface area contributed by atoms with E-state index in [9.17, 15) is 9.59 Å². The summed E-state index contributed by atoms with van der Waals surface area (Å²) in [5.41, 5.74) is -0.386. The van der Waals surface area contributed by atoms with Crippen LogP contribution in [0.5, 0.6) is 0 Å². The molecule has 23 heavy (non-hydrogen) atoms. The van der Waals surface area contributed by atoms with Gasteiger partial charge in [0.15, 0.2) is 0 Å². The zero-order valence-corrected chi connectivity index (χ0v) is 14.9. The number of rotatable bonds is 6. The Hall–Kier alpha value is -1.30. The lowest BCUT2D eigenvalue weighted by molar-refractivity contribution is -0.136. The summed E-state index contributed by atoms with van der Waals surface area (Å²) >= 11 is 0. The van der Waals surface area contributed by atoms with E-state index in [1.807, 2.05) is 16.7 Å². The SMILES string of the molecule is CCC(CC)CN1CC2(CCN(C(=O)C(C)NC)CC2)OC1=O. The van der Waals surface area contributed by atoms with Crippen LogP contribution in [0.25, 0.3) is 0 Å². The van der Waals surface area contributed by atoms with Crippen LogP contribution in [0.3, 0.4) is 0 Å². The number of hydrogen-bond donors (Lipinski definition) is 1. The molecule has 2 aliphatic heterocycles. The average Bonchev–Trinajstić information content (AvgIpc) is 2.87. The van der Waals surface area contributed by atoms with E-state index in [0.29, 0.717) is 25.6 Å². The zero-order valence-electron chi connectivity index (χ0n) is 14.9. The van der Waals surface area contributed by atoms with Crippen LogP contribution in [-0.2, 0) is 9.53 Å². The molecule has 6 nitrogen and oxygen atoms in total. The third-order valence-electron chi connectivity index (χ3n) is 5.46. The lowest BCUT2D eigenvalue weighted by atomic mass is 9.90. The molecular formula is C17H31N3O3. The van der Waals surface area contributed by atoms with Crippen LogP contribution in [0, 0.1) is 5.92 Å². The van der Waals surface area contributed by atoms with Crippen molar-refractivity contribution in [2.75, 3.05) is 33.2 Å². The predicted octanol–water partition coefficient (Wildman–Crippen LogP) is 1.84. The van der Waals surface area contributed by atoms with Crippen molar-refractivity contribution in [3.63, 3.8) is 0 Å². The van der Waals surface area contributed by atoms with E-state index in [2.05, 4.69) is 19.2 Å². The zero-order chi connectivity index (χ0) is 17.0. The summed E-state index contributed by atoms with van der Waals surface area (Å²) in [7, 11) is 1.79. The Balaban J connectivity index is 1.91. The van der Waals surface area contributed by atoms with Gasteiger partial charge in [-0.3, -0.25) is 4.79 Å². The van der Waals surface area contributed by atoms with Gasteiger partial charge in [0.05, 0.1) is 12.6 Å². The summed E-state index contributed by atoms with van der Waals surface area (Å²) in [5, 5.41) is 2.99. The summed E-state index contributed by atoms with van der Waals surface area (Å²) in [4.78, 5) is 28.2. The molecule has 0 aromatic rings. The van der Waals surface area contributed by atoms with Crippen LogP contribution in [-0.4, -0.2) is 66.7 Å². The molecule has 1 N–H and O–H groups in total. The van der Waals surface area contributed by atoms with E-state index >= 15 is 0 Å². The van der Waals surface area contributed by atoms with E-state index in [0.717, 1.165) is 32.2 Å². The van der Waals surface area contributed by atoms with Crippen molar-refractivity contribution < 1.29 is 14.3 Å². The van der Waals surface area contributed by atoms with Gasteiger partial charge < -0.3 is 19.9 Å². The molecular weight excluding hydrogens is 294 g/mol. The van der Waals surface area contributed by atoms with Crippen molar-refractivity contribution in [3.05, 3.63) is 0 Å². The second-order valence-corrected chi connectivity index (χ2v) is 6.95. The highest BCUT2D eigenvalue weighted by Gasteiger charge is 2.47. The molecule has 132 valence electrons. The van der Waals surface area contributed by atoms with Crippen LogP contribution in [0.4, 0.5) is 4.79 Å². The van der Waals surface area contributed by atoms with Gasteiger partial charge in [-0.25, -0.2) is 4.79 Å². The maximum absolute atomic E-state index is 12.2. The summed E-state index contributed by atoms with van der Waals surface area (Å²) in [6.45, 7) is 8.99. The first-order valence-corrected chi connectivity index (χ1v) is 8.88. The molecule has 2 amide bonds. The molecule has 0 saturated carbocycles. The fraction of sp³-hybridized carbons (Fsp3) is 0.882. The minimum Gasteiger partial charge on any atom is -0.441 e. The Labute approximate surface area is 139 Å². The summed E-state index contributed by atoms with van der Waals surface area (Å²) < 4.78 is 5.74. The number of nitrogens with zero attached hydrogens (tertiary/aromatic N) is 2.